The van der Waals surface area contributed by atoms with E-state index in [4.69, 9.17) is 4.98 Å². The van der Waals surface area contributed by atoms with Crippen molar-refractivity contribution in [3.05, 3.63) is 60.0 Å². The van der Waals surface area contributed by atoms with Crippen LogP contribution >= 0.6 is 11.8 Å². The van der Waals surface area contributed by atoms with Gasteiger partial charge in [-0.05, 0) is 43.2 Å². The first-order valence-electron chi connectivity index (χ1n) is 9.70. The lowest BCUT2D eigenvalue weighted by Gasteiger charge is -2.17. The number of nitrogens with zero attached hydrogens (tertiary/aromatic N) is 2. The maximum atomic E-state index is 12.7. The number of thioether (sulfide) groups is 1. The smallest absolute Gasteiger partial charge is 0.255 e. The molecule has 5 rings (SSSR count). The van der Waals surface area contributed by atoms with Crippen LogP contribution in [0.5, 0.6) is 0 Å². The molecule has 0 radical (unpaired) electrons. The Labute approximate surface area is 172 Å². The number of anilines is 2. The van der Waals surface area contributed by atoms with E-state index in [-0.39, 0.29) is 11.8 Å². The number of carbonyl (C=O) groups excluding carboxylic acids is 2. The Kier molecular flexibility index (Phi) is 4.60. The zero-order valence-electron chi connectivity index (χ0n) is 15.8. The summed E-state index contributed by atoms with van der Waals surface area (Å²) in [6.07, 6.45) is 5.49. The highest BCUT2D eigenvalue weighted by atomic mass is 32.2. The van der Waals surface area contributed by atoms with Crippen molar-refractivity contribution in [1.82, 2.24) is 9.55 Å². The van der Waals surface area contributed by atoms with Gasteiger partial charge in [-0.1, -0.05) is 12.1 Å². The van der Waals surface area contributed by atoms with Crippen LogP contribution in [0.15, 0.2) is 53.6 Å². The average Bonchev–Trinajstić information content (AvgIpc) is 3.18. The first-order valence-corrected chi connectivity index (χ1v) is 10.7. The molecule has 3 aromatic rings. The van der Waals surface area contributed by atoms with Gasteiger partial charge < -0.3 is 15.2 Å². The van der Waals surface area contributed by atoms with Crippen molar-refractivity contribution < 1.29 is 9.59 Å². The second kappa shape index (κ2) is 7.40. The number of benzene rings is 2. The van der Waals surface area contributed by atoms with Crippen LogP contribution in [0.4, 0.5) is 11.4 Å². The Morgan fingerprint density at radius 2 is 2.10 bits per heavy atom. The number of nitrogens with one attached hydrogen (secondary N) is 2. The molecule has 0 aliphatic carbocycles. The van der Waals surface area contributed by atoms with Crippen molar-refractivity contribution in [3.8, 4) is 11.3 Å². The van der Waals surface area contributed by atoms with Crippen LogP contribution in [0.25, 0.3) is 11.3 Å². The molecule has 0 atom stereocenters. The second-order valence-electron chi connectivity index (χ2n) is 7.28. The molecule has 0 unspecified atom stereocenters. The fourth-order valence-electron chi connectivity index (χ4n) is 3.74. The predicted molar refractivity (Wildman–Crippen MR) is 114 cm³/mol. The van der Waals surface area contributed by atoms with E-state index in [0.717, 1.165) is 40.6 Å². The average molecular weight is 404 g/mol. The number of aryl methyl sites for hydroxylation is 2. The van der Waals surface area contributed by atoms with Crippen LogP contribution in [0, 0.1) is 0 Å². The molecule has 0 bridgehead atoms. The highest BCUT2D eigenvalue weighted by Gasteiger charge is 2.18. The number of fused-ring (bicyclic) bond motifs is 2. The fourth-order valence-corrected chi connectivity index (χ4v) is 4.52. The van der Waals surface area contributed by atoms with Crippen LogP contribution in [-0.2, 0) is 17.8 Å². The maximum Gasteiger partial charge on any atom is 0.255 e. The fraction of sp³-hybridized carbons (Fsp3) is 0.227. The van der Waals surface area contributed by atoms with Gasteiger partial charge in [-0.15, -0.1) is 11.8 Å². The van der Waals surface area contributed by atoms with Crippen molar-refractivity contribution in [3.63, 3.8) is 0 Å². The van der Waals surface area contributed by atoms with E-state index in [1.165, 1.54) is 24.6 Å². The van der Waals surface area contributed by atoms with Crippen LogP contribution in [0.1, 0.15) is 29.0 Å². The number of imidazole rings is 1. The third-order valence-electron chi connectivity index (χ3n) is 5.20. The molecule has 2 N–H and O–H groups in total. The highest BCUT2D eigenvalue weighted by Crippen LogP contribution is 2.32. The monoisotopic (exact) mass is 404 g/mol. The first kappa shape index (κ1) is 18.0. The number of aromatic nitrogens is 2. The minimum Gasteiger partial charge on any atom is -0.334 e. The maximum absolute atomic E-state index is 12.7. The molecule has 2 amide bonds. The number of carbonyl (C=O) groups is 2. The molecule has 146 valence electrons. The van der Waals surface area contributed by atoms with E-state index < -0.39 is 0 Å². The zero-order valence-corrected chi connectivity index (χ0v) is 16.6. The van der Waals surface area contributed by atoms with Gasteiger partial charge in [0.25, 0.3) is 5.91 Å². The first-order chi connectivity index (χ1) is 14.2. The van der Waals surface area contributed by atoms with Gasteiger partial charge in [0.05, 0.1) is 17.1 Å². The minimum absolute atomic E-state index is 0.0458. The predicted octanol–water partition coefficient (Wildman–Crippen LogP) is 4.18. The summed E-state index contributed by atoms with van der Waals surface area (Å²) < 4.78 is 2.23. The van der Waals surface area contributed by atoms with Crippen molar-refractivity contribution in [2.45, 2.75) is 30.7 Å². The zero-order chi connectivity index (χ0) is 19.8. The van der Waals surface area contributed by atoms with Crippen LogP contribution in [0.3, 0.4) is 0 Å². The highest BCUT2D eigenvalue weighted by molar-refractivity contribution is 8.00. The molecule has 3 heterocycles. The molecular formula is C22H20N4O2S. The van der Waals surface area contributed by atoms with E-state index in [9.17, 15) is 9.59 Å². The van der Waals surface area contributed by atoms with Crippen molar-refractivity contribution in [2.75, 3.05) is 16.4 Å². The normalized spacial score (nSPS) is 15.2. The van der Waals surface area contributed by atoms with Gasteiger partial charge in [0.15, 0.2) is 0 Å². The Bertz CT molecular complexity index is 1100. The minimum atomic E-state index is -0.209. The lowest BCUT2D eigenvalue weighted by molar-refractivity contribution is -0.113. The summed E-state index contributed by atoms with van der Waals surface area (Å²) in [4.78, 5) is 30.1. The van der Waals surface area contributed by atoms with E-state index in [1.807, 2.05) is 30.3 Å². The van der Waals surface area contributed by atoms with E-state index >= 15 is 0 Å². The van der Waals surface area contributed by atoms with Gasteiger partial charge in [-0.2, -0.15) is 0 Å². The van der Waals surface area contributed by atoms with Gasteiger partial charge >= 0.3 is 0 Å². The molecule has 0 saturated carbocycles. The largest absolute Gasteiger partial charge is 0.334 e. The molecule has 0 saturated heterocycles. The Morgan fingerprint density at radius 1 is 1.17 bits per heavy atom. The lowest BCUT2D eigenvalue weighted by atomic mass is 10.1. The summed E-state index contributed by atoms with van der Waals surface area (Å²) in [5.41, 5.74) is 3.84. The molecular weight excluding hydrogens is 384 g/mol. The Hall–Kier alpha value is -3.06. The van der Waals surface area contributed by atoms with Crippen LogP contribution in [0.2, 0.25) is 0 Å². The quantitative estimate of drug-likeness (QED) is 0.687. The Balaban J connectivity index is 1.36. The van der Waals surface area contributed by atoms with Gasteiger partial charge in [-0.25, -0.2) is 4.98 Å². The molecule has 2 aromatic carbocycles. The second-order valence-corrected chi connectivity index (χ2v) is 8.29. The van der Waals surface area contributed by atoms with Gasteiger partial charge in [0, 0.05) is 40.9 Å². The lowest BCUT2D eigenvalue weighted by Crippen LogP contribution is -2.19. The summed E-state index contributed by atoms with van der Waals surface area (Å²) >= 11 is 1.48. The molecule has 7 heteroatoms. The summed E-state index contributed by atoms with van der Waals surface area (Å²) in [5, 5.41) is 5.78. The van der Waals surface area contributed by atoms with Crippen molar-refractivity contribution in [1.29, 1.82) is 0 Å². The standard InChI is InChI=1S/C22H20N4O2S/c27-21-13-29-19-8-7-15(11-17(19)25-21)22(28)23-16-5-3-4-14(10-16)18-12-26-9-2-1-6-20(26)24-18/h3-5,7-8,10-12H,1-2,6,9,13H2,(H,23,28)(H,25,27). The summed E-state index contributed by atoms with van der Waals surface area (Å²) in [7, 11) is 0. The van der Waals surface area contributed by atoms with Crippen LogP contribution < -0.4 is 10.6 Å². The number of hydrogen-bond acceptors (Lipinski definition) is 4. The van der Waals surface area contributed by atoms with Gasteiger partial charge in [-0.3, -0.25) is 9.59 Å². The van der Waals surface area contributed by atoms with Crippen molar-refractivity contribution in [2.24, 2.45) is 0 Å². The Morgan fingerprint density at radius 3 is 3.00 bits per heavy atom. The third kappa shape index (κ3) is 3.65. The topological polar surface area (TPSA) is 76.0 Å². The SMILES string of the molecule is O=C1CSc2ccc(C(=O)Nc3cccc(-c4cn5c(n4)CCCC5)c3)cc2N1. The molecule has 2 aliphatic rings. The van der Waals surface area contributed by atoms with Gasteiger partial charge in [0.1, 0.15) is 5.82 Å². The molecule has 2 aliphatic heterocycles. The number of amides is 2. The molecule has 6 nitrogen and oxygen atoms in total. The summed E-state index contributed by atoms with van der Waals surface area (Å²) in [5.74, 6) is 1.28. The van der Waals surface area contributed by atoms with Crippen molar-refractivity contribution >= 4 is 35.0 Å². The number of rotatable bonds is 3. The molecule has 29 heavy (non-hydrogen) atoms. The van der Waals surface area contributed by atoms with E-state index in [2.05, 4.69) is 21.4 Å². The van der Waals surface area contributed by atoms with E-state index in [1.54, 1.807) is 12.1 Å². The molecule has 0 fully saturated rings. The number of hydrogen-bond donors (Lipinski definition) is 2. The summed E-state index contributed by atoms with van der Waals surface area (Å²) in [6, 6.07) is 13.1. The molecule has 0 spiro atoms. The molecule has 1 aromatic heterocycles. The van der Waals surface area contributed by atoms with Crippen LogP contribution in [-0.4, -0.2) is 27.1 Å². The van der Waals surface area contributed by atoms with E-state index in [0.29, 0.717) is 17.0 Å². The van der Waals surface area contributed by atoms with Gasteiger partial charge in [0.2, 0.25) is 5.91 Å². The third-order valence-corrected chi connectivity index (χ3v) is 6.27. The summed E-state index contributed by atoms with van der Waals surface area (Å²) in [6.45, 7) is 1.02.